The molecule has 7 nitrogen and oxygen atoms in total. The lowest BCUT2D eigenvalue weighted by Gasteiger charge is -2.10. The fourth-order valence-corrected chi connectivity index (χ4v) is 2.05. The molecule has 2 rings (SSSR count). The molecule has 2 heterocycles. The summed E-state index contributed by atoms with van der Waals surface area (Å²) in [7, 11) is 0. The molecule has 0 aromatic carbocycles. The van der Waals surface area contributed by atoms with Crippen molar-refractivity contribution in [2.24, 2.45) is 4.99 Å². The summed E-state index contributed by atoms with van der Waals surface area (Å²) in [6, 6.07) is 3.90. The Bertz CT molecular complexity index is 587. The molecular weight excluding hydrogens is 292 g/mol. The summed E-state index contributed by atoms with van der Waals surface area (Å²) in [5.41, 5.74) is 0.965. The lowest BCUT2D eigenvalue weighted by molar-refractivity contribution is 0.376. The van der Waals surface area contributed by atoms with E-state index in [9.17, 15) is 0 Å². The van der Waals surface area contributed by atoms with E-state index in [2.05, 4.69) is 39.7 Å². The Morgan fingerprint density at radius 2 is 2.26 bits per heavy atom. The van der Waals surface area contributed by atoms with Crippen LogP contribution in [0.5, 0.6) is 0 Å². The monoisotopic (exact) mass is 318 g/mol. The molecule has 126 valence electrons. The molecule has 0 aliphatic carbocycles. The van der Waals surface area contributed by atoms with Gasteiger partial charge in [-0.25, -0.2) is 4.99 Å². The Kier molecular flexibility index (Phi) is 6.65. The topological polar surface area (TPSA) is 80.3 Å². The third kappa shape index (κ3) is 5.77. The van der Waals surface area contributed by atoms with E-state index in [-0.39, 0.29) is 0 Å². The van der Waals surface area contributed by atoms with E-state index in [4.69, 9.17) is 4.52 Å². The number of guanidine groups is 1. The van der Waals surface area contributed by atoms with E-state index in [1.165, 1.54) is 0 Å². The van der Waals surface area contributed by atoms with Crippen LogP contribution in [0, 0.1) is 0 Å². The molecule has 0 fully saturated rings. The summed E-state index contributed by atoms with van der Waals surface area (Å²) >= 11 is 0. The zero-order valence-electron chi connectivity index (χ0n) is 14.1. The minimum Gasteiger partial charge on any atom is -0.359 e. The van der Waals surface area contributed by atoms with E-state index in [0.717, 1.165) is 43.5 Å². The highest BCUT2D eigenvalue weighted by Gasteiger charge is 2.07. The second kappa shape index (κ2) is 8.97. The molecule has 0 amide bonds. The maximum absolute atomic E-state index is 5.30. The first kappa shape index (κ1) is 17.1. The maximum atomic E-state index is 5.30. The van der Waals surface area contributed by atoms with Gasteiger partial charge in [-0.2, -0.15) is 5.10 Å². The first-order chi connectivity index (χ1) is 11.2. The molecule has 0 radical (unpaired) electrons. The Hall–Kier alpha value is -2.31. The molecule has 7 heteroatoms. The molecule has 0 spiro atoms. The van der Waals surface area contributed by atoms with Crippen LogP contribution in [0.4, 0.5) is 0 Å². The molecule has 0 saturated heterocycles. The van der Waals surface area contributed by atoms with Crippen molar-refractivity contribution in [3.05, 3.63) is 36.0 Å². The van der Waals surface area contributed by atoms with Gasteiger partial charge in [0.2, 0.25) is 0 Å². The van der Waals surface area contributed by atoms with E-state index in [0.29, 0.717) is 12.5 Å². The van der Waals surface area contributed by atoms with Crippen molar-refractivity contribution in [2.75, 3.05) is 13.1 Å². The summed E-state index contributed by atoms with van der Waals surface area (Å²) in [5, 5.41) is 14.8. The smallest absolute Gasteiger partial charge is 0.191 e. The van der Waals surface area contributed by atoms with Crippen molar-refractivity contribution < 1.29 is 4.52 Å². The van der Waals surface area contributed by atoms with Gasteiger partial charge in [0, 0.05) is 38.1 Å². The summed E-state index contributed by atoms with van der Waals surface area (Å²) in [4.78, 5) is 4.53. The standard InChI is InChI=1S/C16H26N6O/c1-4-17-16(18-7-5-9-22-10-6-8-20-22)19-12-14-11-15(13(2)3)21-23-14/h6,8,10-11,13H,4-5,7,9,12H2,1-3H3,(H2,17,18,19). The van der Waals surface area contributed by atoms with Crippen molar-refractivity contribution in [2.45, 2.75) is 46.2 Å². The van der Waals surface area contributed by atoms with Gasteiger partial charge in [0.1, 0.15) is 6.54 Å². The highest BCUT2D eigenvalue weighted by molar-refractivity contribution is 5.79. The molecule has 0 bridgehead atoms. The Morgan fingerprint density at radius 3 is 2.91 bits per heavy atom. The third-order valence-electron chi connectivity index (χ3n) is 3.32. The van der Waals surface area contributed by atoms with Crippen molar-refractivity contribution in [3.63, 3.8) is 0 Å². The normalized spacial score (nSPS) is 11.9. The number of nitrogens with one attached hydrogen (secondary N) is 2. The molecule has 0 unspecified atom stereocenters. The third-order valence-corrected chi connectivity index (χ3v) is 3.32. The average molecular weight is 318 g/mol. The highest BCUT2D eigenvalue weighted by Crippen LogP contribution is 2.14. The van der Waals surface area contributed by atoms with Crippen molar-refractivity contribution >= 4 is 5.96 Å². The van der Waals surface area contributed by atoms with Crippen LogP contribution >= 0.6 is 0 Å². The van der Waals surface area contributed by atoms with Crippen LogP contribution in [-0.2, 0) is 13.1 Å². The number of rotatable bonds is 8. The van der Waals surface area contributed by atoms with Gasteiger partial charge in [0.25, 0.3) is 0 Å². The van der Waals surface area contributed by atoms with Crippen LogP contribution in [0.25, 0.3) is 0 Å². The minimum atomic E-state index is 0.366. The van der Waals surface area contributed by atoms with Crippen molar-refractivity contribution in [3.8, 4) is 0 Å². The zero-order chi connectivity index (χ0) is 16.5. The Balaban J connectivity index is 1.79. The quantitative estimate of drug-likeness (QED) is 0.443. The second-order valence-corrected chi connectivity index (χ2v) is 5.62. The van der Waals surface area contributed by atoms with Gasteiger partial charge < -0.3 is 15.2 Å². The minimum absolute atomic E-state index is 0.366. The lowest BCUT2D eigenvalue weighted by Crippen LogP contribution is -2.38. The Morgan fingerprint density at radius 1 is 1.39 bits per heavy atom. The molecule has 0 atom stereocenters. The number of aryl methyl sites for hydroxylation is 1. The van der Waals surface area contributed by atoms with Crippen molar-refractivity contribution in [1.82, 2.24) is 25.6 Å². The predicted octanol–water partition coefficient (Wildman–Crippen LogP) is 2.14. The van der Waals surface area contributed by atoms with Gasteiger partial charge in [0.05, 0.1) is 5.69 Å². The van der Waals surface area contributed by atoms with E-state index in [1.807, 2.05) is 29.9 Å². The second-order valence-electron chi connectivity index (χ2n) is 5.62. The molecular formula is C16H26N6O. The molecule has 0 aliphatic heterocycles. The SMILES string of the molecule is CCNC(=NCc1cc(C(C)C)no1)NCCCn1cccn1. The highest BCUT2D eigenvalue weighted by atomic mass is 16.5. The van der Waals surface area contributed by atoms with E-state index < -0.39 is 0 Å². The fourth-order valence-electron chi connectivity index (χ4n) is 2.05. The lowest BCUT2D eigenvalue weighted by atomic mass is 10.1. The van der Waals surface area contributed by atoms with Crippen LogP contribution in [0.15, 0.2) is 34.0 Å². The van der Waals surface area contributed by atoms with Gasteiger partial charge in [-0.1, -0.05) is 19.0 Å². The van der Waals surface area contributed by atoms with Gasteiger partial charge in [-0.15, -0.1) is 0 Å². The fraction of sp³-hybridized carbons (Fsp3) is 0.562. The summed E-state index contributed by atoms with van der Waals surface area (Å²) in [5.74, 6) is 1.93. The number of aromatic nitrogens is 3. The van der Waals surface area contributed by atoms with Crippen LogP contribution in [-0.4, -0.2) is 34.0 Å². The predicted molar refractivity (Wildman–Crippen MR) is 90.3 cm³/mol. The van der Waals surface area contributed by atoms with Crippen LogP contribution < -0.4 is 10.6 Å². The summed E-state index contributed by atoms with van der Waals surface area (Å²) in [6.07, 6.45) is 4.74. The van der Waals surface area contributed by atoms with Gasteiger partial charge >= 0.3 is 0 Å². The van der Waals surface area contributed by atoms with E-state index >= 15 is 0 Å². The van der Waals surface area contributed by atoms with Crippen LogP contribution in [0.1, 0.15) is 44.6 Å². The molecule has 0 aliphatic rings. The Labute approximate surface area is 137 Å². The first-order valence-electron chi connectivity index (χ1n) is 8.14. The van der Waals surface area contributed by atoms with Crippen LogP contribution in [0.2, 0.25) is 0 Å². The summed E-state index contributed by atoms with van der Waals surface area (Å²) < 4.78 is 7.23. The molecule has 2 aromatic rings. The number of hydrogen-bond donors (Lipinski definition) is 2. The number of nitrogens with zero attached hydrogens (tertiary/aromatic N) is 4. The van der Waals surface area contributed by atoms with Crippen molar-refractivity contribution in [1.29, 1.82) is 0 Å². The number of hydrogen-bond acceptors (Lipinski definition) is 4. The first-order valence-corrected chi connectivity index (χ1v) is 8.14. The largest absolute Gasteiger partial charge is 0.359 e. The van der Waals surface area contributed by atoms with Gasteiger partial charge in [0.15, 0.2) is 11.7 Å². The number of aliphatic imine (C=N–C) groups is 1. The van der Waals surface area contributed by atoms with Crippen LogP contribution in [0.3, 0.4) is 0 Å². The van der Waals surface area contributed by atoms with E-state index in [1.54, 1.807) is 6.20 Å². The maximum Gasteiger partial charge on any atom is 0.191 e. The molecule has 0 saturated carbocycles. The van der Waals surface area contributed by atoms with Gasteiger partial charge in [-0.3, -0.25) is 4.68 Å². The summed E-state index contributed by atoms with van der Waals surface area (Å²) in [6.45, 7) is 9.25. The van der Waals surface area contributed by atoms with Gasteiger partial charge in [-0.05, 0) is 25.3 Å². The average Bonchev–Trinajstić information content (AvgIpc) is 3.20. The zero-order valence-corrected chi connectivity index (χ0v) is 14.1. The molecule has 2 N–H and O–H groups in total. The molecule has 23 heavy (non-hydrogen) atoms. The molecule has 2 aromatic heterocycles.